The molecule has 0 bridgehead atoms. The third kappa shape index (κ3) is 8.57. The quantitative estimate of drug-likeness (QED) is 0.119. The van der Waals surface area contributed by atoms with E-state index in [9.17, 15) is 28.8 Å². The lowest BCUT2D eigenvalue weighted by Crippen LogP contribution is -2.70. The van der Waals surface area contributed by atoms with Gasteiger partial charge in [0.05, 0.1) is 29.0 Å². The van der Waals surface area contributed by atoms with Gasteiger partial charge in [-0.2, -0.15) is 5.10 Å². The molecule has 5 aliphatic heterocycles. The predicted octanol–water partition coefficient (Wildman–Crippen LogP) is 2.39. The van der Waals surface area contributed by atoms with Crippen molar-refractivity contribution < 1.29 is 48.8 Å². The molecule has 20 nitrogen and oxygen atoms in total. The molecule has 4 saturated heterocycles. The number of carboxylic acid groups (broad SMARTS) is 2. The molecular formula is C45H46N10O10. The molecular weight excluding hydrogens is 841 g/mol. The van der Waals surface area contributed by atoms with Gasteiger partial charge in [0, 0.05) is 69.0 Å². The normalized spacial score (nSPS) is 20.1. The molecule has 4 fully saturated rings. The van der Waals surface area contributed by atoms with Gasteiger partial charge in [-0.05, 0) is 73.9 Å². The summed E-state index contributed by atoms with van der Waals surface area (Å²) in [4.78, 5) is 87.2. The highest BCUT2D eigenvalue weighted by Gasteiger charge is 2.46. The van der Waals surface area contributed by atoms with E-state index in [1.54, 1.807) is 12.1 Å². The Morgan fingerprint density at radius 3 is 2.14 bits per heavy atom. The molecule has 4 amide bonds. The average Bonchev–Trinajstić information content (AvgIpc) is 3.77. The zero-order chi connectivity index (χ0) is 45.5. The van der Waals surface area contributed by atoms with Crippen molar-refractivity contribution in [2.24, 2.45) is 0 Å². The van der Waals surface area contributed by atoms with Gasteiger partial charge < -0.3 is 30.7 Å². The molecule has 336 valence electrons. The smallest absolute Gasteiger partial charge is 0.333 e. The first-order chi connectivity index (χ1) is 31.3. The van der Waals surface area contributed by atoms with Crippen LogP contribution in [0.4, 0.5) is 11.5 Å². The summed E-state index contributed by atoms with van der Waals surface area (Å²) >= 11 is 0. The fourth-order valence-corrected chi connectivity index (χ4v) is 9.08. The van der Waals surface area contributed by atoms with E-state index in [0.717, 1.165) is 96.5 Å². The summed E-state index contributed by atoms with van der Waals surface area (Å²) in [6.45, 7) is 5.67. The fraction of sp³-hybridized carbons (Fsp3) is 0.356. The average molecular weight is 887 g/mol. The van der Waals surface area contributed by atoms with Crippen molar-refractivity contribution in [3.05, 3.63) is 90.3 Å². The first-order valence-corrected chi connectivity index (χ1v) is 21.4. The minimum Gasteiger partial charge on any atom is -0.481 e. The number of carboxylic acids is 2. The Hall–Kier alpha value is -7.29. The third-order valence-corrected chi connectivity index (χ3v) is 12.7. The topological polar surface area (TPSA) is 267 Å². The van der Waals surface area contributed by atoms with Gasteiger partial charge in [-0.1, -0.05) is 18.2 Å². The number of carbonyl (C=O) groups excluding carboxylic acids is 4. The number of benzene rings is 3. The van der Waals surface area contributed by atoms with E-state index in [1.165, 1.54) is 6.33 Å². The van der Waals surface area contributed by atoms with Gasteiger partial charge in [0.15, 0.2) is 11.8 Å². The van der Waals surface area contributed by atoms with Crippen LogP contribution < -0.4 is 20.7 Å². The Labute approximate surface area is 371 Å². The van der Waals surface area contributed by atoms with Gasteiger partial charge in [-0.25, -0.2) is 19.4 Å². The number of nitrogen functional groups attached to an aromatic ring is 1. The number of amides is 4. The van der Waals surface area contributed by atoms with Gasteiger partial charge >= 0.3 is 11.9 Å². The van der Waals surface area contributed by atoms with Gasteiger partial charge in [0.25, 0.3) is 11.8 Å². The van der Waals surface area contributed by atoms with Crippen molar-refractivity contribution in [1.29, 1.82) is 0 Å². The van der Waals surface area contributed by atoms with E-state index in [1.807, 2.05) is 60.7 Å². The van der Waals surface area contributed by atoms with E-state index in [2.05, 4.69) is 34.7 Å². The molecule has 0 radical (unpaired) electrons. The lowest BCUT2D eigenvalue weighted by Gasteiger charge is -2.55. The van der Waals surface area contributed by atoms with E-state index in [-0.39, 0.29) is 24.8 Å². The molecule has 1 unspecified atom stereocenters. The number of hydrogen-bond acceptors (Lipinski definition) is 15. The number of aliphatic carboxylic acids is 2. The van der Waals surface area contributed by atoms with Gasteiger partial charge in [-0.15, -0.1) is 0 Å². The summed E-state index contributed by atoms with van der Waals surface area (Å²) in [5, 5.41) is 32.3. The molecule has 0 saturated carbocycles. The number of anilines is 2. The third-order valence-electron chi connectivity index (χ3n) is 12.7. The Balaban J connectivity index is 0.000000538. The van der Waals surface area contributed by atoms with Crippen molar-refractivity contribution in [2.45, 2.75) is 62.4 Å². The number of likely N-dealkylation sites (tertiary alicyclic amines) is 2. The van der Waals surface area contributed by atoms with E-state index < -0.39 is 48.2 Å². The molecule has 20 heteroatoms. The van der Waals surface area contributed by atoms with Crippen LogP contribution in [0.25, 0.3) is 22.3 Å². The summed E-state index contributed by atoms with van der Waals surface area (Å²) in [7, 11) is 0. The van der Waals surface area contributed by atoms with Crippen LogP contribution in [-0.2, 0) is 19.2 Å². The van der Waals surface area contributed by atoms with Crippen LogP contribution in [0.1, 0.15) is 58.9 Å². The number of fused-ring (bicyclic) bond motifs is 2. The highest BCUT2D eigenvalue weighted by atomic mass is 16.5. The molecule has 7 heterocycles. The molecule has 6 N–H and O–H groups in total. The van der Waals surface area contributed by atoms with Crippen molar-refractivity contribution in [3.63, 3.8) is 0 Å². The van der Waals surface area contributed by atoms with Crippen molar-refractivity contribution in [1.82, 2.24) is 39.8 Å². The number of aliphatic hydroxyl groups excluding tert-OH is 1. The van der Waals surface area contributed by atoms with Gasteiger partial charge in [0.2, 0.25) is 11.8 Å². The molecule has 2 atom stereocenters. The summed E-state index contributed by atoms with van der Waals surface area (Å²) in [5.41, 5.74) is 10.4. The van der Waals surface area contributed by atoms with Crippen LogP contribution in [0.3, 0.4) is 0 Å². The van der Waals surface area contributed by atoms with Crippen LogP contribution in [0.15, 0.2) is 79.1 Å². The number of carbonyl (C=O) groups is 6. The molecule has 5 aromatic rings. The van der Waals surface area contributed by atoms with Crippen molar-refractivity contribution in [3.8, 4) is 22.8 Å². The number of aliphatic hydroxyl groups is 1. The van der Waals surface area contributed by atoms with Crippen LogP contribution in [-0.4, -0.2) is 149 Å². The first-order valence-electron chi connectivity index (χ1n) is 21.4. The summed E-state index contributed by atoms with van der Waals surface area (Å²) < 4.78 is 8.05. The van der Waals surface area contributed by atoms with E-state index >= 15 is 0 Å². The SMILES string of the molecule is Nc1ncnc2c1c(-c1ccc(Oc3ccccc3)cc1)nn2C1CCN(C2CN(C3CN(c4ccc5c(c4)C(=O)N(C4CCC(=O)NC4=O)C5=O)C3)C2)CC1.O=C(O)C[C@H](O)C(=O)O. The zero-order valence-electron chi connectivity index (χ0n) is 35.0. The second kappa shape index (κ2) is 17.7. The number of para-hydroxylation sites is 1. The maximum Gasteiger partial charge on any atom is 0.333 e. The second-order valence-electron chi connectivity index (χ2n) is 16.8. The number of nitrogens with two attached hydrogens (primary N) is 1. The highest BCUT2D eigenvalue weighted by Crippen LogP contribution is 2.37. The van der Waals surface area contributed by atoms with Crippen molar-refractivity contribution >= 4 is 58.1 Å². The number of nitrogens with one attached hydrogen (secondary N) is 1. The molecule has 0 aliphatic carbocycles. The zero-order valence-corrected chi connectivity index (χ0v) is 35.0. The minimum atomic E-state index is -1.79. The maximum absolute atomic E-state index is 13.3. The molecule has 3 aromatic carbocycles. The Morgan fingerprint density at radius 2 is 1.48 bits per heavy atom. The monoisotopic (exact) mass is 886 g/mol. The Bertz CT molecular complexity index is 2680. The van der Waals surface area contributed by atoms with E-state index in [0.29, 0.717) is 29.0 Å². The van der Waals surface area contributed by atoms with E-state index in [4.69, 9.17) is 30.9 Å². The summed E-state index contributed by atoms with van der Waals surface area (Å²) in [5.74, 6) is -2.87. The van der Waals surface area contributed by atoms with Crippen LogP contribution >= 0.6 is 0 Å². The van der Waals surface area contributed by atoms with Crippen LogP contribution in [0, 0.1) is 0 Å². The molecule has 0 spiro atoms. The summed E-state index contributed by atoms with van der Waals surface area (Å²) in [6, 6.07) is 23.0. The van der Waals surface area contributed by atoms with Crippen LogP contribution in [0.5, 0.6) is 11.5 Å². The number of aromatic nitrogens is 4. The summed E-state index contributed by atoms with van der Waals surface area (Å²) in [6.07, 6.45) is 1.12. The number of imide groups is 2. The number of piperidine rings is 2. The Morgan fingerprint density at radius 1 is 0.800 bits per heavy atom. The number of hydrogen-bond donors (Lipinski definition) is 5. The largest absolute Gasteiger partial charge is 0.481 e. The minimum absolute atomic E-state index is 0.0958. The molecule has 10 rings (SSSR count). The molecule has 5 aliphatic rings. The Kier molecular flexibility index (Phi) is 11.7. The van der Waals surface area contributed by atoms with Crippen LogP contribution in [0.2, 0.25) is 0 Å². The number of nitrogens with zero attached hydrogens (tertiary/aromatic N) is 8. The molecule has 2 aromatic heterocycles. The second-order valence-corrected chi connectivity index (χ2v) is 16.8. The lowest BCUT2D eigenvalue weighted by molar-refractivity contribution is -0.152. The number of rotatable bonds is 11. The molecule has 65 heavy (non-hydrogen) atoms. The van der Waals surface area contributed by atoms with Gasteiger partial charge in [-0.3, -0.25) is 44.0 Å². The number of ether oxygens (including phenoxy) is 1. The lowest BCUT2D eigenvalue weighted by atomic mass is 9.95. The first kappa shape index (κ1) is 43.0. The standard InChI is InChI=1S/C41H40N10O5.C4H6O5/c42-37-35-36(24-6-9-30(10-7-24)56-29-4-2-1-3-5-29)46-51(38(35)44-23-43-37)25-14-16-47(17-15-25)27-19-49(20-27)28-21-48(22-28)26-8-11-31-32(18-26)41(55)50(40(31)54)33-12-13-34(52)45-39(33)53;5-2(4(8)9)1-3(6)7/h1-11,18,23,25,27-28,33H,12-17,19-22H2,(H2,42,43,44)(H,45,52,53);2,5H,1H2,(H,6,7)(H,8,9)/t;2-/m.0/s1. The maximum atomic E-state index is 13.3. The highest BCUT2D eigenvalue weighted by molar-refractivity contribution is 6.23. The van der Waals surface area contributed by atoms with Crippen molar-refractivity contribution in [2.75, 3.05) is 49.9 Å². The fourth-order valence-electron chi connectivity index (χ4n) is 9.08. The van der Waals surface area contributed by atoms with Gasteiger partial charge in [0.1, 0.15) is 35.4 Å². The predicted molar refractivity (Wildman–Crippen MR) is 232 cm³/mol.